The summed E-state index contributed by atoms with van der Waals surface area (Å²) in [4.78, 5) is 0. The van der Waals surface area contributed by atoms with Crippen molar-refractivity contribution in [2.45, 2.75) is 6.04 Å². The van der Waals surface area contributed by atoms with Gasteiger partial charge in [-0.3, -0.25) is 0 Å². The Labute approximate surface area is 200 Å². The topological polar surface area (TPSA) is 8.81 Å². The molecule has 1 atom stereocenters. The van der Waals surface area contributed by atoms with E-state index in [1.807, 2.05) is 0 Å². The van der Waals surface area contributed by atoms with Crippen LogP contribution in [0.1, 0.15) is 17.2 Å². The molecule has 2 heterocycles. The first kappa shape index (κ1) is 18.8. The standard InChI is InChI=1S/C30H20BrN2/c31-20-13-14-23-26(19-20)29(32-17-7-2-8-18-32)25-16-15-24-22-11-5-6-12-27(22)33(30(24)28(23)25)21-9-3-1-4-10-21/h1-19,29H/q+1. The fourth-order valence-corrected chi connectivity index (χ4v) is 5.87. The van der Waals surface area contributed by atoms with Gasteiger partial charge in [-0.15, -0.1) is 0 Å². The molecule has 0 radical (unpaired) electrons. The molecule has 2 aromatic heterocycles. The van der Waals surface area contributed by atoms with Crippen molar-refractivity contribution in [1.82, 2.24) is 4.57 Å². The number of fused-ring (bicyclic) bond motifs is 7. The first-order chi connectivity index (χ1) is 16.3. The molecule has 1 aliphatic carbocycles. The number of hydrogen-bond donors (Lipinski definition) is 0. The number of nitrogens with zero attached hydrogens (tertiary/aromatic N) is 2. The monoisotopic (exact) mass is 487 g/mol. The SMILES string of the molecule is Brc1ccc2c(c1)C([n+]1ccccc1)c1ccc3c4ccccc4n(-c4ccccc4)c3c1-2. The number of benzene rings is 4. The summed E-state index contributed by atoms with van der Waals surface area (Å²) in [6, 6.07) is 37.2. The van der Waals surface area contributed by atoms with Crippen LogP contribution in [-0.2, 0) is 0 Å². The second-order valence-corrected chi connectivity index (χ2v) is 9.49. The lowest BCUT2D eigenvalue weighted by molar-refractivity contribution is -0.704. The highest BCUT2D eigenvalue weighted by atomic mass is 79.9. The summed E-state index contributed by atoms with van der Waals surface area (Å²) in [6.07, 6.45) is 4.34. The molecule has 0 fully saturated rings. The summed E-state index contributed by atoms with van der Waals surface area (Å²) in [5, 5.41) is 2.58. The lowest BCUT2D eigenvalue weighted by atomic mass is 10.0. The Hall–Kier alpha value is -3.69. The third-order valence-corrected chi connectivity index (χ3v) is 7.29. The Balaban J connectivity index is 1.67. The minimum absolute atomic E-state index is 0.139. The van der Waals surface area contributed by atoms with E-state index < -0.39 is 0 Å². The van der Waals surface area contributed by atoms with Gasteiger partial charge in [0.1, 0.15) is 0 Å². The molecule has 0 spiro atoms. The smallest absolute Gasteiger partial charge is 0.210 e. The van der Waals surface area contributed by atoms with Gasteiger partial charge in [-0.2, -0.15) is 4.57 Å². The van der Waals surface area contributed by atoms with Crippen molar-refractivity contribution >= 4 is 37.7 Å². The molecule has 0 saturated heterocycles. The Kier molecular flexibility index (Phi) is 4.09. The van der Waals surface area contributed by atoms with E-state index >= 15 is 0 Å². The average molecular weight is 488 g/mol. The molecule has 0 bridgehead atoms. The number of hydrogen-bond acceptors (Lipinski definition) is 0. The van der Waals surface area contributed by atoms with Crippen LogP contribution in [0.25, 0.3) is 38.6 Å². The van der Waals surface area contributed by atoms with E-state index in [2.05, 4.69) is 141 Å². The van der Waals surface area contributed by atoms with E-state index in [1.165, 1.54) is 49.7 Å². The predicted molar refractivity (Wildman–Crippen MR) is 138 cm³/mol. The third kappa shape index (κ3) is 2.69. The molecule has 2 nitrogen and oxygen atoms in total. The molecule has 1 aliphatic rings. The van der Waals surface area contributed by atoms with Crippen molar-refractivity contribution in [2.75, 3.05) is 0 Å². The van der Waals surface area contributed by atoms with Gasteiger partial charge in [0.2, 0.25) is 6.04 Å². The summed E-state index contributed by atoms with van der Waals surface area (Å²) < 4.78 is 5.86. The van der Waals surface area contributed by atoms with Crippen LogP contribution in [0.2, 0.25) is 0 Å². The fraction of sp³-hybridized carbons (Fsp3) is 0.0333. The average Bonchev–Trinajstić information content (AvgIpc) is 3.37. The molecule has 7 rings (SSSR count). The summed E-state index contributed by atoms with van der Waals surface area (Å²) >= 11 is 3.72. The van der Waals surface area contributed by atoms with Gasteiger partial charge in [0.05, 0.1) is 11.0 Å². The molecule has 1 unspecified atom stereocenters. The van der Waals surface area contributed by atoms with Crippen LogP contribution < -0.4 is 4.57 Å². The zero-order chi connectivity index (χ0) is 21.9. The first-order valence-electron chi connectivity index (χ1n) is 11.2. The second-order valence-electron chi connectivity index (χ2n) is 8.57. The molecule has 0 aliphatic heterocycles. The summed E-state index contributed by atoms with van der Waals surface area (Å²) in [7, 11) is 0. The van der Waals surface area contributed by atoms with Gasteiger partial charge < -0.3 is 4.57 Å². The normalized spacial score (nSPS) is 14.5. The highest BCUT2D eigenvalue weighted by Gasteiger charge is 2.37. The molecule has 0 saturated carbocycles. The number of rotatable bonds is 2. The van der Waals surface area contributed by atoms with Gasteiger partial charge in [-0.05, 0) is 35.9 Å². The van der Waals surface area contributed by atoms with E-state index in [-0.39, 0.29) is 6.04 Å². The molecule has 33 heavy (non-hydrogen) atoms. The largest absolute Gasteiger partial charge is 0.309 e. The highest BCUT2D eigenvalue weighted by molar-refractivity contribution is 9.10. The third-order valence-electron chi connectivity index (χ3n) is 6.79. The van der Waals surface area contributed by atoms with Crippen molar-refractivity contribution in [3.63, 3.8) is 0 Å². The number of halogens is 1. The van der Waals surface area contributed by atoms with Crippen LogP contribution in [0.4, 0.5) is 0 Å². The van der Waals surface area contributed by atoms with E-state index in [0.29, 0.717) is 0 Å². The molecule has 4 aromatic carbocycles. The van der Waals surface area contributed by atoms with Gasteiger partial charge in [-0.1, -0.05) is 76.6 Å². The van der Waals surface area contributed by atoms with Crippen molar-refractivity contribution in [2.24, 2.45) is 0 Å². The molecule has 3 heteroatoms. The number of para-hydroxylation sites is 2. The highest BCUT2D eigenvalue weighted by Crippen LogP contribution is 2.49. The Bertz CT molecular complexity index is 1670. The Morgan fingerprint density at radius 1 is 0.667 bits per heavy atom. The van der Waals surface area contributed by atoms with Crippen LogP contribution >= 0.6 is 15.9 Å². The Morgan fingerprint density at radius 3 is 2.27 bits per heavy atom. The quantitative estimate of drug-likeness (QED) is 0.224. The van der Waals surface area contributed by atoms with Gasteiger partial charge in [0.25, 0.3) is 0 Å². The zero-order valence-electron chi connectivity index (χ0n) is 17.8. The van der Waals surface area contributed by atoms with Crippen molar-refractivity contribution in [3.05, 3.63) is 131 Å². The molecule has 6 aromatic rings. The molecular formula is C30H20BrN2+. The first-order valence-corrected chi connectivity index (χ1v) is 12.0. The number of pyridine rings is 1. The van der Waals surface area contributed by atoms with E-state index in [4.69, 9.17) is 0 Å². The zero-order valence-corrected chi connectivity index (χ0v) is 19.4. The van der Waals surface area contributed by atoms with Gasteiger partial charge in [0.15, 0.2) is 12.4 Å². The summed E-state index contributed by atoms with van der Waals surface area (Å²) in [5.41, 5.74) is 9.01. The lowest BCUT2D eigenvalue weighted by Gasteiger charge is -2.12. The molecule has 0 N–H and O–H groups in total. The predicted octanol–water partition coefficient (Wildman–Crippen LogP) is 7.45. The van der Waals surface area contributed by atoms with Crippen LogP contribution in [0.15, 0.2) is 120 Å². The Morgan fingerprint density at radius 2 is 1.42 bits per heavy atom. The van der Waals surface area contributed by atoms with Crippen LogP contribution in [0.3, 0.4) is 0 Å². The van der Waals surface area contributed by atoms with E-state index in [0.717, 1.165) is 4.47 Å². The molecular weight excluding hydrogens is 468 g/mol. The minimum Gasteiger partial charge on any atom is -0.309 e. The van der Waals surface area contributed by atoms with Gasteiger partial charge in [0, 0.05) is 49.8 Å². The maximum atomic E-state index is 3.72. The van der Waals surface area contributed by atoms with Crippen molar-refractivity contribution in [3.8, 4) is 16.8 Å². The lowest BCUT2D eigenvalue weighted by Crippen LogP contribution is -2.38. The van der Waals surface area contributed by atoms with Gasteiger partial charge >= 0.3 is 0 Å². The second kappa shape index (κ2) is 7.16. The van der Waals surface area contributed by atoms with E-state index in [1.54, 1.807) is 0 Å². The van der Waals surface area contributed by atoms with Crippen molar-refractivity contribution < 1.29 is 4.57 Å². The molecule has 0 amide bonds. The maximum Gasteiger partial charge on any atom is 0.210 e. The van der Waals surface area contributed by atoms with E-state index in [9.17, 15) is 0 Å². The van der Waals surface area contributed by atoms with Crippen LogP contribution in [-0.4, -0.2) is 4.57 Å². The minimum atomic E-state index is 0.139. The summed E-state index contributed by atoms with van der Waals surface area (Å²) in [5.74, 6) is 0. The summed E-state index contributed by atoms with van der Waals surface area (Å²) in [6.45, 7) is 0. The maximum absolute atomic E-state index is 3.72. The van der Waals surface area contributed by atoms with Crippen LogP contribution in [0, 0.1) is 0 Å². The van der Waals surface area contributed by atoms with Gasteiger partial charge in [-0.25, -0.2) is 0 Å². The van der Waals surface area contributed by atoms with Crippen molar-refractivity contribution in [1.29, 1.82) is 0 Å². The van der Waals surface area contributed by atoms with Crippen LogP contribution in [0.5, 0.6) is 0 Å². The number of aromatic nitrogens is 2. The molecule has 156 valence electrons. The fourth-order valence-electron chi connectivity index (χ4n) is 5.49.